The van der Waals surface area contributed by atoms with Gasteiger partial charge in [-0.1, -0.05) is 17.3 Å². The molecule has 0 aliphatic carbocycles. The number of benzene rings is 1. The Balaban J connectivity index is 1.80. The molecular formula is C14H17N5O2. The molecule has 1 aromatic heterocycles. The molecule has 1 amide bonds. The van der Waals surface area contributed by atoms with Crippen molar-refractivity contribution in [1.82, 2.24) is 24.8 Å². The van der Waals surface area contributed by atoms with Crippen LogP contribution >= 0.6 is 0 Å². The molecule has 0 radical (unpaired) electrons. The molecule has 1 saturated heterocycles. The molecule has 7 heteroatoms. The predicted molar refractivity (Wildman–Crippen MR) is 77.9 cm³/mol. The molecule has 0 unspecified atom stereocenters. The van der Waals surface area contributed by atoms with Gasteiger partial charge in [0.25, 0.3) is 5.56 Å². The predicted octanol–water partition coefficient (Wildman–Crippen LogP) is -0.434. The molecule has 0 saturated carbocycles. The van der Waals surface area contributed by atoms with E-state index < -0.39 is 0 Å². The number of fused-ring (bicyclic) bond motifs is 1. The van der Waals surface area contributed by atoms with E-state index in [9.17, 15) is 9.59 Å². The number of hydrogen-bond acceptors (Lipinski definition) is 5. The Bertz CT molecular complexity index is 719. The van der Waals surface area contributed by atoms with Crippen LogP contribution in [0.5, 0.6) is 0 Å². The van der Waals surface area contributed by atoms with Crippen LogP contribution in [-0.4, -0.2) is 63.9 Å². The first-order valence-corrected chi connectivity index (χ1v) is 6.94. The zero-order valence-electron chi connectivity index (χ0n) is 11.9. The molecule has 0 spiro atoms. The molecule has 1 aliphatic rings. The Hall–Kier alpha value is -2.28. The summed E-state index contributed by atoms with van der Waals surface area (Å²) in [5.41, 5.74) is 0.272. The van der Waals surface area contributed by atoms with Gasteiger partial charge in [-0.3, -0.25) is 9.59 Å². The van der Waals surface area contributed by atoms with Crippen LogP contribution in [0, 0.1) is 0 Å². The van der Waals surface area contributed by atoms with Crippen molar-refractivity contribution in [3.05, 3.63) is 34.6 Å². The maximum absolute atomic E-state index is 12.3. The average molecular weight is 287 g/mol. The maximum Gasteiger partial charge on any atom is 0.278 e. The van der Waals surface area contributed by atoms with Gasteiger partial charge >= 0.3 is 0 Å². The number of nitrogens with zero attached hydrogens (tertiary/aromatic N) is 5. The molecule has 1 aliphatic heterocycles. The molecule has 0 N–H and O–H groups in total. The Morgan fingerprint density at radius 1 is 1.19 bits per heavy atom. The summed E-state index contributed by atoms with van der Waals surface area (Å²) in [6, 6.07) is 7.01. The molecule has 2 heterocycles. The van der Waals surface area contributed by atoms with E-state index in [-0.39, 0.29) is 18.0 Å². The summed E-state index contributed by atoms with van der Waals surface area (Å²) in [5, 5.41) is 8.32. The lowest BCUT2D eigenvalue weighted by Crippen LogP contribution is -2.48. The zero-order valence-corrected chi connectivity index (χ0v) is 11.9. The molecule has 21 heavy (non-hydrogen) atoms. The number of carbonyl (C=O) groups is 1. The molecule has 0 atom stereocenters. The average Bonchev–Trinajstić information content (AvgIpc) is 2.51. The number of amides is 1. The largest absolute Gasteiger partial charge is 0.339 e. The highest BCUT2D eigenvalue weighted by atomic mass is 16.2. The molecular weight excluding hydrogens is 270 g/mol. The van der Waals surface area contributed by atoms with Crippen molar-refractivity contribution in [1.29, 1.82) is 0 Å². The van der Waals surface area contributed by atoms with Crippen LogP contribution in [0.2, 0.25) is 0 Å². The van der Waals surface area contributed by atoms with Gasteiger partial charge in [-0.2, -0.15) is 0 Å². The molecule has 0 bridgehead atoms. The van der Waals surface area contributed by atoms with E-state index >= 15 is 0 Å². The summed E-state index contributed by atoms with van der Waals surface area (Å²) < 4.78 is 1.14. The van der Waals surface area contributed by atoms with Crippen LogP contribution in [0.3, 0.4) is 0 Å². The van der Waals surface area contributed by atoms with Gasteiger partial charge in [0.05, 0.1) is 5.39 Å². The lowest BCUT2D eigenvalue weighted by atomic mass is 10.2. The van der Waals surface area contributed by atoms with E-state index in [0.717, 1.165) is 17.8 Å². The van der Waals surface area contributed by atoms with Crippen LogP contribution in [0.1, 0.15) is 0 Å². The summed E-state index contributed by atoms with van der Waals surface area (Å²) in [6.45, 7) is 3.02. The first kappa shape index (κ1) is 13.7. The van der Waals surface area contributed by atoms with Crippen molar-refractivity contribution in [3.8, 4) is 0 Å². The van der Waals surface area contributed by atoms with Crippen molar-refractivity contribution in [2.75, 3.05) is 33.2 Å². The topological polar surface area (TPSA) is 71.3 Å². The van der Waals surface area contributed by atoms with Crippen LogP contribution < -0.4 is 5.56 Å². The molecule has 2 aromatic rings. The van der Waals surface area contributed by atoms with E-state index in [1.165, 1.54) is 0 Å². The Kier molecular flexibility index (Phi) is 3.66. The first-order chi connectivity index (χ1) is 10.1. The number of carbonyl (C=O) groups excluding carboxylic acids is 1. The number of piperazine rings is 1. The van der Waals surface area contributed by atoms with Crippen molar-refractivity contribution >= 4 is 16.8 Å². The minimum Gasteiger partial charge on any atom is -0.339 e. The fraction of sp³-hybridized carbons (Fsp3) is 0.429. The second-order valence-electron chi connectivity index (χ2n) is 5.25. The number of hydrogen-bond donors (Lipinski definition) is 0. The van der Waals surface area contributed by atoms with Crippen LogP contribution in [0.4, 0.5) is 0 Å². The summed E-state index contributed by atoms with van der Waals surface area (Å²) in [6.07, 6.45) is 0. The van der Waals surface area contributed by atoms with Crippen molar-refractivity contribution in [2.45, 2.75) is 6.54 Å². The van der Waals surface area contributed by atoms with Gasteiger partial charge < -0.3 is 9.80 Å². The molecule has 110 valence electrons. The molecule has 7 nitrogen and oxygen atoms in total. The van der Waals surface area contributed by atoms with Gasteiger partial charge in [-0.25, -0.2) is 4.68 Å². The van der Waals surface area contributed by atoms with Crippen molar-refractivity contribution in [3.63, 3.8) is 0 Å². The zero-order chi connectivity index (χ0) is 14.8. The highest BCUT2D eigenvalue weighted by Gasteiger charge is 2.20. The molecule has 1 aromatic carbocycles. The summed E-state index contributed by atoms with van der Waals surface area (Å²) in [5.74, 6) is -0.0882. The Morgan fingerprint density at radius 2 is 1.90 bits per heavy atom. The SMILES string of the molecule is CN1CCN(C(=O)Cn2nnc3ccccc3c2=O)CC1. The Labute approximate surface area is 121 Å². The smallest absolute Gasteiger partial charge is 0.278 e. The minimum atomic E-state index is -0.275. The van der Waals surface area contributed by atoms with Gasteiger partial charge in [0.15, 0.2) is 0 Å². The highest BCUT2D eigenvalue weighted by molar-refractivity contribution is 5.78. The van der Waals surface area contributed by atoms with E-state index in [1.54, 1.807) is 29.2 Å². The van der Waals surface area contributed by atoms with Gasteiger partial charge in [-0.15, -0.1) is 5.10 Å². The fourth-order valence-corrected chi connectivity index (χ4v) is 2.41. The Morgan fingerprint density at radius 3 is 2.67 bits per heavy atom. The third kappa shape index (κ3) is 2.78. The third-order valence-electron chi connectivity index (χ3n) is 3.77. The van der Waals surface area contributed by atoms with E-state index in [2.05, 4.69) is 15.2 Å². The quantitative estimate of drug-likeness (QED) is 0.749. The second kappa shape index (κ2) is 5.61. The van der Waals surface area contributed by atoms with Crippen LogP contribution in [-0.2, 0) is 11.3 Å². The van der Waals surface area contributed by atoms with Crippen LogP contribution in [0.25, 0.3) is 10.9 Å². The summed E-state index contributed by atoms with van der Waals surface area (Å²) in [4.78, 5) is 28.5. The maximum atomic E-state index is 12.3. The normalized spacial score (nSPS) is 16.3. The van der Waals surface area contributed by atoms with Gasteiger partial charge in [-0.05, 0) is 19.2 Å². The van der Waals surface area contributed by atoms with E-state index in [1.807, 2.05) is 7.05 Å². The monoisotopic (exact) mass is 287 g/mol. The lowest BCUT2D eigenvalue weighted by molar-refractivity contribution is -0.133. The first-order valence-electron chi connectivity index (χ1n) is 6.94. The second-order valence-corrected chi connectivity index (χ2v) is 5.25. The fourth-order valence-electron chi connectivity index (χ4n) is 2.41. The summed E-state index contributed by atoms with van der Waals surface area (Å²) in [7, 11) is 2.03. The number of aromatic nitrogens is 3. The molecule has 1 fully saturated rings. The summed E-state index contributed by atoms with van der Waals surface area (Å²) >= 11 is 0. The van der Waals surface area contributed by atoms with E-state index in [4.69, 9.17) is 0 Å². The van der Waals surface area contributed by atoms with Gasteiger partial charge in [0, 0.05) is 26.2 Å². The standard InChI is InChI=1S/C14H17N5O2/c1-17-6-8-18(9-7-17)13(20)10-19-14(21)11-4-2-3-5-12(11)15-16-19/h2-5H,6-10H2,1H3. The van der Waals surface area contributed by atoms with E-state index in [0.29, 0.717) is 24.0 Å². The third-order valence-corrected chi connectivity index (χ3v) is 3.77. The van der Waals surface area contributed by atoms with Crippen LogP contribution in [0.15, 0.2) is 29.1 Å². The van der Waals surface area contributed by atoms with Gasteiger partial charge in [0.2, 0.25) is 5.91 Å². The van der Waals surface area contributed by atoms with Gasteiger partial charge in [0.1, 0.15) is 12.1 Å². The highest BCUT2D eigenvalue weighted by Crippen LogP contribution is 2.04. The number of rotatable bonds is 2. The van der Waals surface area contributed by atoms with Crippen molar-refractivity contribution < 1.29 is 4.79 Å². The minimum absolute atomic E-state index is 0.0552. The molecule has 3 rings (SSSR count). The van der Waals surface area contributed by atoms with Crippen molar-refractivity contribution in [2.24, 2.45) is 0 Å². The number of likely N-dealkylation sites (N-methyl/N-ethyl adjacent to an activating group) is 1. The lowest BCUT2D eigenvalue weighted by Gasteiger charge is -2.32.